The molecule has 174 valence electrons. The van der Waals surface area contributed by atoms with Crippen LogP contribution >= 0.6 is 22.9 Å². The molecule has 0 aliphatic carbocycles. The number of thiazole rings is 1. The van der Waals surface area contributed by atoms with Gasteiger partial charge in [0.2, 0.25) is 10.0 Å². The molecule has 0 radical (unpaired) electrons. The molecular weight excluding hydrogens is 482 g/mol. The Morgan fingerprint density at radius 2 is 2.06 bits per heavy atom. The monoisotopic (exact) mass is 505 g/mol. The molecule has 1 saturated heterocycles. The highest BCUT2D eigenvalue weighted by molar-refractivity contribution is 7.89. The summed E-state index contributed by atoms with van der Waals surface area (Å²) in [6.45, 7) is 7.02. The quantitative estimate of drug-likeness (QED) is 0.450. The van der Waals surface area contributed by atoms with E-state index in [0.29, 0.717) is 35.8 Å². The van der Waals surface area contributed by atoms with Crippen molar-refractivity contribution >= 4 is 49.1 Å². The molecule has 3 aromatic rings. The van der Waals surface area contributed by atoms with Crippen molar-refractivity contribution in [3.8, 4) is 5.75 Å². The molecule has 1 fully saturated rings. The van der Waals surface area contributed by atoms with Crippen LogP contribution in [0.15, 0.2) is 65.0 Å². The van der Waals surface area contributed by atoms with Crippen LogP contribution in [0.5, 0.6) is 5.75 Å². The number of aromatic nitrogens is 1. The van der Waals surface area contributed by atoms with E-state index >= 15 is 0 Å². The van der Waals surface area contributed by atoms with Crippen molar-refractivity contribution in [1.29, 1.82) is 0 Å². The Balaban J connectivity index is 1.71. The largest absolute Gasteiger partial charge is 0.494 e. The number of carbonyl (C=O) groups excluding carboxylic acids is 1. The lowest BCUT2D eigenvalue weighted by Crippen LogP contribution is -2.40. The van der Waals surface area contributed by atoms with Crippen LogP contribution in [0.25, 0.3) is 10.2 Å². The average molecular weight is 506 g/mol. The van der Waals surface area contributed by atoms with Crippen LogP contribution in [-0.2, 0) is 21.4 Å². The fraction of sp³-hybridized carbons (Fsp3) is 0.304. The summed E-state index contributed by atoms with van der Waals surface area (Å²) in [4.78, 5) is 18.2. The van der Waals surface area contributed by atoms with Crippen LogP contribution in [0.4, 0.5) is 0 Å². The van der Waals surface area contributed by atoms with Gasteiger partial charge in [-0.05, 0) is 62.2 Å². The predicted octanol–water partition coefficient (Wildman–Crippen LogP) is 4.22. The zero-order valence-electron chi connectivity index (χ0n) is 18.1. The minimum absolute atomic E-state index is 0.110. The van der Waals surface area contributed by atoms with E-state index < -0.39 is 22.0 Å². The second-order valence-corrected chi connectivity index (χ2v) is 10.9. The summed E-state index contributed by atoms with van der Waals surface area (Å²) in [6.07, 6.45) is 2.75. The number of benzene rings is 2. The maximum atomic E-state index is 13.2. The molecule has 0 spiro atoms. The molecule has 7 nitrogen and oxygen atoms in total. The van der Waals surface area contributed by atoms with Crippen molar-refractivity contribution in [2.75, 3.05) is 13.2 Å². The lowest BCUT2D eigenvalue weighted by Gasteiger charge is -2.21. The maximum absolute atomic E-state index is 13.2. The standard InChI is InChI=1S/C23H24ClN3O4S2/c1-3-13-26-19-12-9-17(31-4-2)15-21(19)32-23(26)25-22(28)20-6-5-14-27(20)33(29,30)18-10-7-16(24)8-11-18/h3,7-12,15,20H,1,4-6,13-14H2,2H3. The summed E-state index contributed by atoms with van der Waals surface area (Å²) in [7, 11) is -3.84. The van der Waals surface area contributed by atoms with Crippen LogP contribution in [0.1, 0.15) is 19.8 Å². The third kappa shape index (κ3) is 4.77. The highest BCUT2D eigenvalue weighted by Crippen LogP contribution is 2.28. The second kappa shape index (κ2) is 9.80. The molecule has 0 bridgehead atoms. The first-order valence-electron chi connectivity index (χ1n) is 10.6. The van der Waals surface area contributed by atoms with Crippen LogP contribution in [0.3, 0.4) is 0 Å². The minimum atomic E-state index is -3.84. The van der Waals surface area contributed by atoms with Crippen molar-refractivity contribution in [3.63, 3.8) is 0 Å². The van der Waals surface area contributed by atoms with Crippen LogP contribution in [0.2, 0.25) is 5.02 Å². The minimum Gasteiger partial charge on any atom is -0.494 e. The van der Waals surface area contributed by atoms with Crippen molar-refractivity contribution in [2.45, 2.75) is 37.2 Å². The van der Waals surface area contributed by atoms with Crippen molar-refractivity contribution in [1.82, 2.24) is 8.87 Å². The first-order valence-corrected chi connectivity index (χ1v) is 13.2. The number of sulfonamides is 1. The van der Waals surface area contributed by atoms with Gasteiger partial charge in [-0.3, -0.25) is 4.79 Å². The average Bonchev–Trinajstić information content (AvgIpc) is 3.40. The number of allylic oxidation sites excluding steroid dienone is 1. The van der Waals surface area contributed by atoms with Gasteiger partial charge >= 0.3 is 0 Å². The van der Waals surface area contributed by atoms with Gasteiger partial charge in [-0.2, -0.15) is 9.30 Å². The summed E-state index contributed by atoms with van der Waals surface area (Å²) >= 11 is 7.26. The maximum Gasteiger partial charge on any atom is 0.266 e. The van der Waals surface area contributed by atoms with Gasteiger partial charge < -0.3 is 9.30 Å². The van der Waals surface area contributed by atoms with E-state index in [9.17, 15) is 13.2 Å². The number of carbonyl (C=O) groups is 1. The Labute approximate surface area is 201 Å². The molecular formula is C23H24ClN3O4S2. The molecule has 1 amide bonds. The molecule has 0 N–H and O–H groups in total. The van der Waals surface area contributed by atoms with Crippen LogP contribution < -0.4 is 9.54 Å². The fourth-order valence-corrected chi connectivity index (χ4v) is 6.74. The predicted molar refractivity (Wildman–Crippen MR) is 130 cm³/mol. The molecule has 10 heteroatoms. The third-order valence-electron chi connectivity index (χ3n) is 5.39. The van der Waals surface area contributed by atoms with Crippen molar-refractivity contribution < 1.29 is 17.9 Å². The Hall–Kier alpha value is -2.46. The van der Waals surface area contributed by atoms with E-state index in [4.69, 9.17) is 16.3 Å². The lowest BCUT2D eigenvalue weighted by molar-refractivity contribution is -0.121. The van der Waals surface area contributed by atoms with Gasteiger partial charge in [0.1, 0.15) is 11.8 Å². The Bertz CT molecular complexity index is 1360. The summed E-state index contributed by atoms with van der Waals surface area (Å²) < 4.78 is 36.0. The molecule has 1 unspecified atom stereocenters. The lowest BCUT2D eigenvalue weighted by atomic mass is 10.2. The molecule has 2 heterocycles. The Morgan fingerprint density at radius 1 is 1.30 bits per heavy atom. The molecule has 33 heavy (non-hydrogen) atoms. The Kier molecular flexibility index (Phi) is 7.04. The number of hydrogen-bond acceptors (Lipinski definition) is 5. The second-order valence-electron chi connectivity index (χ2n) is 7.52. The highest BCUT2D eigenvalue weighted by Gasteiger charge is 2.39. The summed E-state index contributed by atoms with van der Waals surface area (Å²) in [5.41, 5.74) is 0.909. The number of halogens is 1. The number of ether oxygens (including phenoxy) is 1. The van der Waals surface area contributed by atoms with Gasteiger partial charge in [0.15, 0.2) is 4.80 Å². The first kappa shape index (κ1) is 23.7. The van der Waals surface area contributed by atoms with Crippen LogP contribution in [0, 0.1) is 0 Å². The molecule has 2 aromatic carbocycles. The van der Waals surface area contributed by atoms with Gasteiger partial charge in [0.25, 0.3) is 5.91 Å². The van der Waals surface area contributed by atoms with E-state index in [1.807, 2.05) is 29.7 Å². The molecule has 1 aromatic heterocycles. The van der Waals surface area contributed by atoms with Gasteiger partial charge in [-0.15, -0.1) is 6.58 Å². The molecule has 4 rings (SSSR count). The van der Waals surface area contributed by atoms with Gasteiger partial charge in [-0.25, -0.2) is 8.42 Å². The fourth-order valence-electron chi connectivity index (χ4n) is 3.89. The number of rotatable bonds is 7. The van der Waals surface area contributed by atoms with E-state index in [2.05, 4.69) is 11.6 Å². The third-order valence-corrected chi connectivity index (χ3v) is 8.61. The normalized spacial score (nSPS) is 17.5. The first-order chi connectivity index (χ1) is 15.8. The van der Waals surface area contributed by atoms with E-state index in [1.54, 1.807) is 6.08 Å². The summed E-state index contributed by atoms with van der Waals surface area (Å²) in [6, 6.07) is 10.8. The highest BCUT2D eigenvalue weighted by atomic mass is 35.5. The molecule has 1 atom stereocenters. The van der Waals surface area contributed by atoms with Gasteiger partial charge in [0.05, 0.1) is 21.7 Å². The SMILES string of the molecule is C=CCn1c(=NC(=O)C2CCCN2S(=O)(=O)c2ccc(Cl)cc2)sc2cc(OCC)ccc21. The van der Waals surface area contributed by atoms with Crippen LogP contribution in [-0.4, -0.2) is 42.4 Å². The molecule has 1 aliphatic heterocycles. The topological polar surface area (TPSA) is 81.0 Å². The van der Waals surface area contributed by atoms with Gasteiger partial charge in [0, 0.05) is 18.1 Å². The Morgan fingerprint density at radius 3 is 2.76 bits per heavy atom. The number of hydrogen-bond donors (Lipinski definition) is 0. The molecule has 1 aliphatic rings. The zero-order valence-corrected chi connectivity index (χ0v) is 20.5. The summed E-state index contributed by atoms with van der Waals surface area (Å²) in [5, 5.41) is 0.446. The number of fused-ring (bicyclic) bond motifs is 1. The zero-order chi connectivity index (χ0) is 23.6. The van der Waals surface area contributed by atoms with Crippen molar-refractivity contribution in [3.05, 3.63) is 64.9 Å². The van der Waals surface area contributed by atoms with Gasteiger partial charge in [-0.1, -0.05) is 29.0 Å². The van der Waals surface area contributed by atoms with E-state index in [0.717, 1.165) is 16.0 Å². The molecule has 0 saturated carbocycles. The van der Waals surface area contributed by atoms with E-state index in [1.165, 1.54) is 39.9 Å². The number of amides is 1. The van der Waals surface area contributed by atoms with Crippen molar-refractivity contribution in [2.24, 2.45) is 4.99 Å². The van der Waals surface area contributed by atoms with E-state index in [-0.39, 0.29) is 11.4 Å². The smallest absolute Gasteiger partial charge is 0.266 e. The summed E-state index contributed by atoms with van der Waals surface area (Å²) in [5.74, 6) is 0.269. The number of nitrogens with zero attached hydrogens (tertiary/aromatic N) is 3.